The summed E-state index contributed by atoms with van der Waals surface area (Å²) < 4.78 is 0. The number of guanidine groups is 1. The van der Waals surface area contributed by atoms with Crippen LogP contribution in [0, 0.1) is 5.92 Å². The first-order valence-electron chi connectivity index (χ1n) is 10.3. The molecule has 0 fully saturated rings. The molecule has 6 nitrogen and oxygen atoms in total. The monoisotopic (exact) mass is 517 g/mol. The Hall–Kier alpha value is -1.35. The second-order valence-corrected chi connectivity index (χ2v) is 7.71. The molecule has 1 aromatic carbocycles. The fourth-order valence-corrected chi connectivity index (χ4v) is 3.29. The number of rotatable bonds is 10. The van der Waals surface area contributed by atoms with Crippen molar-refractivity contribution in [2.75, 3.05) is 40.8 Å². The van der Waals surface area contributed by atoms with Crippen LogP contribution in [0.25, 0.3) is 0 Å². The van der Waals surface area contributed by atoms with Crippen LogP contribution >= 0.6 is 24.0 Å². The van der Waals surface area contributed by atoms with Crippen LogP contribution in [-0.2, 0) is 6.54 Å². The first kappa shape index (κ1) is 27.6. The van der Waals surface area contributed by atoms with Crippen LogP contribution in [0.4, 0.5) is 0 Å². The number of amides is 1. The Morgan fingerprint density at radius 2 is 1.66 bits per heavy atom. The van der Waals surface area contributed by atoms with E-state index < -0.39 is 0 Å². The molecule has 0 spiro atoms. The summed E-state index contributed by atoms with van der Waals surface area (Å²) >= 11 is 0. The lowest BCUT2D eigenvalue weighted by atomic mass is 10.0. The van der Waals surface area contributed by atoms with Crippen molar-refractivity contribution in [1.82, 2.24) is 20.4 Å². The summed E-state index contributed by atoms with van der Waals surface area (Å²) in [5.41, 5.74) is 1.81. The van der Waals surface area contributed by atoms with Gasteiger partial charge in [-0.05, 0) is 43.1 Å². The molecule has 1 unspecified atom stereocenters. The van der Waals surface area contributed by atoms with Gasteiger partial charge in [0, 0.05) is 45.8 Å². The third-order valence-electron chi connectivity index (χ3n) is 4.87. The van der Waals surface area contributed by atoms with E-state index in [0.717, 1.165) is 37.6 Å². The van der Waals surface area contributed by atoms with Crippen LogP contribution in [0.5, 0.6) is 0 Å². The van der Waals surface area contributed by atoms with Gasteiger partial charge in [0.1, 0.15) is 0 Å². The Morgan fingerprint density at radius 1 is 1.07 bits per heavy atom. The third-order valence-corrected chi connectivity index (χ3v) is 4.87. The van der Waals surface area contributed by atoms with E-state index in [1.165, 1.54) is 0 Å². The molecule has 1 atom stereocenters. The number of carbonyl (C=O) groups is 1. The van der Waals surface area contributed by atoms with Crippen molar-refractivity contribution in [2.45, 2.75) is 46.7 Å². The van der Waals surface area contributed by atoms with Gasteiger partial charge < -0.3 is 15.5 Å². The predicted molar refractivity (Wildman–Crippen MR) is 134 cm³/mol. The molecule has 0 bridgehead atoms. The Bertz CT molecular complexity index is 612. The molecular weight excluding hydrogens is 477 g/mol. The summed E-state index contributed by atoms with van der Waals surface area (Å²) in [7, 11) is 5.32. The number of benzene rings is 1. The molecule has 2 N–H and O–H groups in total. The highest BCUT2D eigenvalue weighted by Gasteiger charge is 2.17. The Morgan fingerprint density at radius 3 is 2.10 bits per heavy atom. The van der Waals surface area contributed by atoms with Crippen molar-refractivity contribution in [1.29, 1.82) is 0 Å². The topological polar surface area (TPSA) is 60.0 Å². The molecule has 1 rings (SSSR count). The van der Waals surface area contributed by atoms with Gasteiger partial charge in [-0.25, -0.2) is 0 Å². The van der Waals surface area contributed by atoms with E-state index in [-0.39, 0.29) is 29.9 Å². The first-order valence-corrected chi connectivity index (χ1v) is 10.3. The quantitative estimate of drug-likeness (QED) is 0.284. The van der Waals surface area contributed by atoms with E-state index in [1.54, 1.807) is 26.0 Å². The predicted octanol–water partition coefficient (Wildman–Crippen LogP) is 3.43. The van der Waals surface area contributed by atoms with Gasteiger partial charge in [-0.1, -0.05) is 39.8 Å². The number of nitrogens with one attached hydrogen (secondary N) is 2. The number of halogens is 1. The normalized spacial score (nSPS) is 12.5. The zero-order chi connectivity index (χ0) is 21.1. The molecule has 0 aliphatic heterocycles. The van der Waals surface area contributed by atoms with E-state index in [4.69, 9.17) is 0 Å². The second-order valence-electron chi connectivity index (χ2n) is 7.71. The lowest BCUT2D eigenvalue weighted by Gasteiger charge is -2.31. The molecule has 0 aliphatic rings. The lowest BCUT2D eigenvalue weighted by Crippen LogP contribution is -2.47. The standard InChI is InChI=1S/C22H39N5O.HI/c1-8-27(9-2)20(14-17(3)4)16-25-22(23-5)24-15-18-10-12-19(13-11-18)21(28)26(6)7;/h10-13,17,20H,8-9,14-16H2,1-7H3,(H2,23,24,25);1H. The molecule has 1 amide bonds. The zero-order valence-electron chi connectivity index (χ0n) is 19.2. The number of hydrogen-bond donors (Lipinski definition) is 2. The van der Waals surface area contributed by atoms with Gasteiger partial charge in [-0.3, -0.25) is 14.7 Å². The maximum Gasteiger partial charge on any atom is 0.253 e. The summed E-state index contributed by atoms with van der Waals surface area (Å²) in [6.45, 7) is 12.6. The Balaban J connectivity index is 0.00000784. The van der Waals surface area contributed by atoms with Crippen LogP contribution in [0.3, 0.4) is 0 Å². The molecule has 0 aromatic heterocycles. The van der Waals surface area contributed by atoms with Gasteiger partial charge in [-0.2, -0.15) is 0 Å². The summed E-state index contributed by atoms with van der Waals surface area (Å²) in [6, 6.07) is 8.19. The van der Waals surface area contributed by atoms with E-state index in [1.807, 2.05) is 24.3 Å². The maximum atomic E-state index is 12.0. The second kappa shape index (κ2) is 14.6. The van der Waals surface area contributed by atoms with Crippen molar-refractivity contribution in [3.63, 3.8) is 0 Å². The molecule has 0 saturated heterocycles. The van der Waals surface area contributed by atoms with E-state index in [2.05, 4.69) is 48.2 Å². The van der Waals surface area contributed by atoms with Crippen molar-refractivity contribution in [2.24, 2.45) is 10.9 Å². The molecule has 0 saturated carbocycles. The number of hydrogen-bond acceptors (Lipinski definition) is 3. The van der Waals surface area contributed by atoms with Gasteiger partial charge in [0.2, 0.25) is 0 Å². The van der Waals surface area contributed by atoms with Gasteiger partial charge in [0.15, 0.2) is 5.96 Å². The Labute approximate surface area is 194 Å². The fourth-order valence-electron chi connectivity index (χ4n) is 3.29. The van der Waals surface area contributed by atoms with Crippen LogP contribution in [0.15, 0.2) is 29.3 Å². The van der Waals surface area contributed by atoms with Crippen molar-refractivity contribution in [3.8, 4) is 0 Å². The minimum absolute atomic E-state index is 0. The number of carbonyl (C=O) groups excluding carboxylic acids is 1. The van der Waals surface area contributed by atoms with Crippen molar-refractivity contribution in [3.05, 3.63) is 35.4 Å². The van der Waals surface area contributed by atoms with Gasteiger partial charge in [0.25, 0.3) is 5.91 Å². The molecule has 0 heterocycles. The average Bonchev–Trinajstić information content (AvgIpc) is 2.68. The van der Waals surface area contributed by atoms with Crippen molar-refractivity contribution < 1.29 is 4.79 Å². The van der Waals surface area contributed by atoms with Crippen molar-refractivity contribution >= 4 is 35.8 Å². The SMILES string of the molecule is CCN(CC)C(CNC(=NC)NCc1ccc(C(=O)N(C)C)cc1)CC(C)C.I. The highest BCUT2D eigenvalue weighted by molar-refractivity contribution is 14.0. The van der Waals surface area contributed by atoms with Crippen LogP contribution in [0.1, 0.15) is 50.0 Å². The molecule has 0 aliphatic carbocycles. The fraction of sp³-hybridized carbons (Fsp3) is 0.636. The van der Waals surface area contributed by atoms with E-state index in [0.29, 0.717) is 24.1 Å². The number of nitrogens with zero attached hydrogens (tertiary/aromatic N) is 3. The highest BCUT2D eigenvalue weighted by Crippen LogP contribution is 2.11. The molecule has 1 aromatic rings. The largest absolute Gasteiger partial charge is 0.355 e. The molecule has 29 heavy (non-hydrogen) atoms. The average molecular weight is 518 g/mol. The van der Waals surface area contributed by atoms with E-state index in [9.17, 15) is 4.79 Å². The van der Waals surface area contributed by atoms with Crippen LogP contribution in [-0.4, -0.2) is 68.5 Å². The van der Waals surface area contributed by atoms with Gasteiger partial charge in [-0.15, -0.1) is 24.0 Å². The van der Waals surface area contributed by atoms with Crippen LogP contribution < -0.4 is 10.6 Å². The molecule has 7 heteroatoms. The smallest absolute Gasteiger partial charge is 0.253 e. The minimum atomic E-state index is 0. The summed E-state index contributed by atoms with van der Waals surface area (Å²) in [5.74, 6) is 1.48. The summed E-state index contributed by atoms with van der Waals surface area (Å²) in [4.78, 5) is 20.4. The molecule has 166 valence electrons. The Kier molecular flexibility index (Phi) is 13.9. The molecule has 0 radical (unpaired) electrons. The molecular formula is C22H40IN5O. The summed E-state index contributed by atoms with van der Waals surface area (Å²) in [5, 5.41) is 6.84. The number of likely N-dealkylation sites (N-methyl/N-ethyl adjacent to an activating group) is 1. The minimum Gasteiger partial charge on any atom is -0.355 e. The first-order chi connectivity index (χ1) is 13.3. The lowest BCUT2D eigenvalue weighted by molar-refractivity contribution is 0.0827. The third kappa shape index (κ3) is 9.80. The summed E-state index contributed by atoms with van der Waals surface area (Å²) in [6.07, 6.45) is 1.16. The van der Waals surface area contributed by atoms with Crippen LogP contribution in [0.2, 0.25) is 0 Å². The van der Waals surface area contributed by atoms with Gasteiger partial charge in [0.05, 0.1) is 0 Å². The number of aliphatic imine (C=N–C) groups is 1. The van der Waals surface area contributed by atoms with Gasteiger partial charge >= 0.3 is 0 Å². The zero-order valence-corrected chi connectivity index (χ0v) is 21.5. The maximum absolute atomic E-state index is 12.0. The highest BCUT2D eigenvalue weighted by atomic mass is 127. The van der Waals surface area contributed by atoms with E-state index >= 15 is 0 Å².